The van der Waals surface area contributed by atoms with Gasteiger partial charge in [0, 0.05) is 6.54 Å². The Hall–Kier alpha value is -3.60. The zero-order valence-electron chi connectivity index (χ0n) is 18.8. The molecule has 5 heteroatoms. The van der Waals surface area contributed by atoms with Gasteiger partial charge in [0.25, 0.3) is 0 Å². The van der Waals surface area contributed by atoms with E-state index in [0.717, 1.165) is 36.0 Å². The molecule has 0 radical (unpaired) electrons. The van der Waals surface area contributed by atoms with E-state index in [9.17, 15) is 9.59 Å². The van der Waals surface area contributed by atoms with Crippen molar-refractivity contribution in [3.8, 4) is 16.9 Å². The molecule has 0 aliphatic heterocycles. The van der Waals surface area contributed by atoms with E-state index < -0.39 is 11.9 Å². The molecule has 0 aliphatic carbocycles. The summed E-state index contributed by atoms with van der Waals surface area (Å²) in [4.78, 5) is 26.3. The van der Waals surface area contributed by atoms with E-state index in [-0.39, 0.29) is 0 Å². The summed E-state index contributed by atoms with van der Waals surface area (Å²) in [5, 5.41) is 0. The first-order chi connectivity index (χ1) is 15.5. The normalized spacial score (nSPS) is 10.5. The van der Waals surface area contributed by atoms with Crippen LogP contribution in [0.1, 0.15) is 24.0 Å². The molecule has 0 aromatic heterocycles. The van der Waals surface area contributed by atoms with Crippen molar-refractivity contribution in [3.05, 3.63) is 83.9 Å². The number of esters is 1. The lowest BCUT2D eigenvalue weighted by atomic mass is 10.0. The second-order valence-corrected chi connectivity index (χ2v) is 7.65. The number of ether oxygens (including phenoxy) is 2. The van der Waals surface area contributed by atoms with E-state index in [2.05, 4.69) is 18.2 Å². The van der Waals surface area contributed by atoms with Gasteiger partial charge in [0.15, 0.2) is 0 Å². The lowest BCUT2D eigenvalue weighted by Crippen LogP contribution is -2.38. The van der Waals surface area contributed by atoms with Crippen LogP contribution in [0.3, 0.4) is 0 Å². The van der Waals surface area contributed by atoms with E-state index in [1.807, 2.05) is 61.5 Å². The van der Waals surface area contributed by atoms with Crippen LogP contribution in [0.4, 0.5) is 5.69 Å². The van der Waals surface area contributed by atoms with Crippen molar-refractivity contribution in [1.29, 1.82) is 0 Å². The molecule has 1 amide bonds. The summed E-state index contributed by atoms with van der Waals surface area (Å²) in [7, 11) is 2.78. The molecule has 0 saturated carbocycles. The van der Waals surface area contributed by atoms with Crippen LogP contribution in [0, 0.1) is 6.92 Å². The Morgan fingerprint density at radius 3 is 2.28 bits per heavy atom. The molecule has 0 atom stereocenters. The number of aryl methyl sites for hydroxylation is 2. The van der Waals surface area contributed by atoms with Gasteiger partial charge in [-0.15, -0.1) is 0 Å². The van der Waals surface area contributed by atoms with Crippen molar-refractivity contribution in [2.24, 2.45) is 0 Å². The summed E-state index contributed by atoms with van der Waals surface area (Å²) in [5.41, 5.74) is 5.00. The number of amides is 1. The van der Waals surface area contributed by atoms with Crippen molar-refractivity contribution >= 4 is 17.6 Å². The van der Waals surface area contributed by atoms with Gasteiger partial charge in [0.1, 0.15) is 5.75 Å². The molecule has 0 saturated heterocycles. The molecule has 166 valence electrons. The minimum atomic E-state index is -0.891. The fraction of sp³-hybridized carbons (Fsp3) is 0.259. The van der Waals surface area contributed by atoms with Gasteiger partial charge in [0.05, 0.1) is 19.9 Å². The number of hydrogen-bond donors (Lipinski definition) is 0. The molecule has 0 N–H and O–H groups in total. The third-order valence-corrected chi connectivity index (χ3v) is 5.37. The number of hydrogen-bond acceptors (Lipinski definition) is 4. The Labute approximate surface area is 189 Å². The van der Waals surface area contributed by atoms with Crippen molar-refractivity contribution in [1.82, 2.24) is 0 Å². The molecular formula is C27H29NO4. The van der Waals surface area contributed by atoms with Crippen LogP contribution in [0.2, 0.25) is 0 Å². The topological polar surface area (TPSA) is 55.8 Å². The highest BCUT2D eigenvalue weighted by molar-refractivity contribution is 6.38. The number of nitrogens with zero attached hydrogens (tertiary/aromatic N) is 1. The molecule has 3 aromatic carbocycles. The first-order valence-corrected chi connectivity index (χ1v) is 10.7. The highest BCUT2D eigenvalue weighted by Gasteiger charge is 2.26. The van der Waals surface area contributed by atoms with Gasteiger partial charge in [-0.2, -0.15) is 0 Å². The minimum Gasteiger partial charge on any atom is -0.495 e. The predicted molar refractivity (Wildman–Crippen MR) is 127 cm³/mol. The maximum atomic E-state index is 12.8. The molecule has 32 heavy (non-hydrogen) atoms. The van der Waals surface area contributed by atoms with Crippen molar-refractivity contribution in [2.45, 2.75) is 26.2 Å². The van der Waals surface area contributed by atoms with E-state index in [0.29, 0.717) is 18.0 Å². The monoisotopic (exact) mass is 431 g/mol. The van der Waals surface area contributed by atoms with Crippen LogP contribution in [-0.2, 0) is 20.7 Å². The predicted octanol–water partition coefficient (Wildman–Crippen LogP) is 5.20. The number of unbranched alkanes of at least 4 members (excludes halogenated alkanes) is 1. The summed E-state index contributed by atoms with van der Waals surface area (Å²) in [6.45, 7) is 2.43. The summed E-state index contributed by atoms with van der Waals surface area (Å²) in [5.74, 6) is -1.06. The molecule has 0 heterocycles. The first kappa shape index (κ1) is 23.1. The molecule has 3 aromatic rings. The lowest BCUT2D eigenvalue weighted by molar-refractivity contribution is -0.151. The Balaban J connectivity index is 1.82. The highest BCUT2D eigenvalue weighted by atomic mass is 16.5. The quantitative estimate of drug-likeness (QED) is 0.279. The molecule has 0 aliphatic rings. The molecular weight excluding hydrogens is 402 g/mol. The fourth-order valence-corrected chi connectivity index (χ4v) is 3.68. The summed E-state index contributed by atoms with van der Waals surface area (Å²) in [6, 6.07) is 24.0. The zero-order valence-corrected chi connectivity index (χ0v) is 18.8. The number of rotatable bonds is 8. The number of carbonyl (C=O) groups is 2. The van der Waals surface area contributed by atoms with E-state index in [4.69, 9.17) is 9.47 Å². The SMILES string of the molecule is COC(=O)C(=O)N(CCCCc1ccccc1)c1ccc(-c2cccc(C)c2)cc1OC. The third kappa shape index (κ3) is 5.76. The zero-order chi connectivity index (χ0) is 22.9. The Morgan fingerprint density at radius 1 is 0.844 bits per heavy atom. The van der Waals surface area contributed by atoms with Gasteiger partial charge in [0.2, 0.25) is 0 Å². The van der Waals surface area contributed by atoms with Crippen molar-refractivity contribution < 1.29 is 19.1 Å². The Morgan fingerprint density at radius 2 is 1.59 bits per heavy atom. The Kier molecular flexibility index (Phi) is 8.03. The summed E-state index contributed by atoms with van der Waals surface area (Å²) < 4.78 is 10.3. The molecule has 0 unspecified atom stereocenters. The van der Waals surface area contributed by atoms with Crippen LogP contribution >= 0.6 is 0 Å². The van der Waals surface area contributed by atoms with E-state index >= 15 is 0 Å². The molecule has 5 nitrogen and oxygen atoms in total. The fourth-order valence-electron chi connectivity index (χ4n) is 3.68. The van der Waals surface area contributed by atoms with Gasteiger partial charge < -0.3 is 9.47 Å². The maximum absolute atomic E-state index is 12.8. The molecule has 0 spiro atoms. The van der Waals surface area contributed by atoms with Gasteiger partial charge in [-0.1, -0.05) is 66.2 Å². The maximum Gasteiger partial charge on any atom is 0.397 e. The third-order valence-electron chi connectivity index (χ3n) is 5.37. The second kappa shape index (κ2) is 11.1. The van der Waals surface area contributed by atoms with E-state index in [1.54, 1.807) is 7.11 Å². The summed E-state index contributed by atoms with van der Waals surface area (Å²) in [6.07, 6.45) is 2.53. The average Bonchev–Trinajstić information content (AvgIpc) is 2.83. The van der Waals surface area contributed by atoms with Crippen molar-refractivity contribution in [2.75, 3.05) is 25.7 Å². The van der Waals surface area contributed by atoms with Crippen LogP contribution in [0.25, 0.3) is 11.1 Å². The average molecular weight is 432 g/mol. The minimum absolute atomic E-state index is 0.390. The van der Waals surface area contributed by atoms with Crippen LogP contribution in [0.15, 0.2) is 72.8 Å². The largest absolute Gasteiger partial charge is 0.495 e. The summed E-state index contributed by atoms with van der Waals surface area (Å²) >= 11 is 0. The standard InChI is InChI=1S/C27H29NO4/c1-20-10-9-14-22(18-20)23-15-16-24(25(19-23)31-2)28(26(29)27(30)32-3)17-8-7-13-21-11-5-4-6-12-21/h4-6,9-12,14-16,18-19H,7-8,13,17H2,1-3H3. The smallest absolute Gasteiger partial charge is 0.397 e. The number of anilines is 1. The number of benzene rings is 3. The lowest BCUT2D eigenvalue weighted by Gasteiger charge is -2.24. The van der Waals surface area contributed by atoms with Crippen LogP contribution in [-0.4, -0.2) is 32.6 Å². The highest BCUT2D eigenvalue weighted by Crippen LogP contribution is 2.34. The number of carbonyl (C=O) groups excluding carboxylic acids is 2. The molecule has 3 rings (SSSR count). The molecule has 0 fully saturated rings. The first-order valence-electron chi connectivity index (χ1n) is 10.7. The van der Waals surface area contributed by atoms with Crippen LogP contribution < -0.4 is 9.64 Å². The van der Waals surface area contributed by atoms with Gasteiger partial charge >= 0.3 is 11.9 Å². The van der Waals surface area contributed by atoms with Gasteiger partial charge in [-0.25, -0.2) is 4.79 Å². The number of methoxy groups -OCH3 is 2. The second-order valence-electron chi connectivity index (χ2n) is 7.65. The Bertz CT molecular complexity index is 1060. The van der Waals surface area contributed by atoms with Gasteiger partial charge in [-0.05, 0) is 55.0 Å². The van der Waals surface area contributed by atoms with E-state index in [1.165, 1.54) is 17.6 Å². The molecule has 0 bridgehead atoms. The van der Waals surface area contributed by atoms with Gasteiger partial charge in [-0.3, -0.25) is 9.69 Å². The van der Waals surface area contributed by atoms with Crippen LogP contribution in [0.5, 0.6) is 5.75 Å². The van der Waals surface area contributed by atoms with Crippen molar-refractivity contribution in [3.63, 3.8) is 0 Å².